The third-order valence-electron chi connectivity index (χ3n) is 4.43. The Morgan fingerprint density at radius 3 is 1.94 bits per heavy atom. The van der Waals surface area contributed by atoms with Crippen molar-refractivity contribution in [3.63, 3.8) is 0 Å². The van der Waals surface area contributed by atoms with Crippen molar-refractivity contribution in [3.8, 4) is 11.3 Å². The number of rotatable bonds is 7. The SMILES string of the molecule is CCOC(=O)c1cn(NC(=O)c2ccc(Br)cc2)c(-c2ccc(Br)cc2)c1C(=O)OCC. The van der Waals surface area contributed by atoms with Crippen LogP contribution in [0.1, 0.15) is 44.9 Å². The van der Waals surface area contributed by atoms with Gasteiger partial charge in [-0.1, -0.05) is 44.0 Å². The number of nitrogens with zero attached hydrogens (tertiary/aromatic N) is 1. The molecule has 1 N–H and O–H groups in total. The summed E-state index contributed by atoms with van der Waals surface area (Å²) < 4.78 is 13.4. The van der Waals surface area contributed by atoms with E-state index in [0.717, 1.165) is 8.95 Å². The highest BCUT2D eigenvalue weighted by molar-refractivity contribution is 9.10. The van der Waals surface area contributed by atoms with Crippen LogP contribution in [0.5, 0.6) is 0 Å². The van der Waals surface area contributed by atoms with E-state index in [2.05, 4.69) is 37.3 Å². The minimum absolute atomic E-state index is 0.000625. The lowest BCUT2D eigenvalue weighted by Gasteiger charge is -2.13. The summed E-state index contributed by atoms with van der Waals surface area (Å²) in [6, 6.07) is 13.9. The summed E-state index contributed by atoms with van der Waals surface area (Å²) in [5.41, 5.74) is 4.08. The molecular formula is C23H20Br2N2O5. The molecule has 32 heavy (non-hydrogen) atoms. The molecule has 0 radical (unpaired) electrons. The number of aromatic nitrogens is 1. The molecule has 0 saturated heterocycles. The van der Waals surface area contributed by atoms with E-state index in [9.17, 15) is 14.4 Å². The van der Waals surface area contributed by atoms with Gasteiger partial charge in [-0.2, -0.15) is 0 Å². The average molecular weight is 564 g/mol. The standard InChI is InChI=1S/C23H20Br2N2O5/c1-3-31-22(29)18-13-27(26-21(28)15-7-11-17(25)12-8-15)20(19(18)23(30)32-4-2)14-5-9-16(24)10-6-14/h5-13H,3-4H2,1-2H3,(H,26,28). The van der Waals surface area contributed by atoms with Gasteiger partial charge in [0, 0.05) is 26.3 Å². The first kappa shape index (κ1) is 23.7. The van der Waals surface area contributed by atoms with Gasteiger partial charge in [0.15, 0.2) is 0 Å². The van der Waals surface area contributed by atoms with E-state index in [0.29, 0.717) is 16.8 Å². The fourth-order valence-corrected chi connectivity index (χ4v) is 3.56. The fourth-order valence-electron chi connectivity index (χ4n) is 3.03. The minimum Gasteiger partial charge on any atom is -0.462 e. The molecule has 0 spiro atoms. The van der Waals surface area contributed by atoms with Crippen LogP contribution < -0.4 is 5.43 Å². The van der Waals surface area contributed by atoms with Gasteiger partial charge in [-0.25, -0.2) is 9.59 Å². The van der Waals surface area contributed by atoms with Gasteiger partial charge in [-0.3, -0.25) is 14.9 Å². The van der Waals surface area contributed by atoms with Crippen LogP contribution in [0.4, 0.5) is 0 Å². The molecule has 2 aromatic carbocycles. The van der Waals surface area contributed by atoms with Gasteiger partial charge < -0.3 is 9.47 Å². The molecule has 7 nitrogen and oxygen atoms in total. The van der Waals surface area contributed by atoms with Crippen LogP contribution in [0.15, 0.2) is 63.7 Å². The van der Waals surface area contributed by atoms with Crippen molar-refractivity contribution >= 4 is 49.7 Å². The number of nitrogens with one attached hydrogen (secondary N) is 1. The Balaban J connectivity index is 2.17. The highest BCUT2D eigenvalue weighted by Gasteiger charge is 2.29. The lowest BCUT2D eigenvalue weighted by atomic mass is 10.0. The van der Waals surface area contributed by atoms with E-state index in [4.69, 9.17) is 9.47 Å². The molecule has 9 heteroatoms. The maximum atomic E-state index is 12.9. The summed E-state index contributed by atoms with van der Waals surface area (Å²) in [5.74, 6) is -1.80. The van der Waals surface area contributed by atoms with Gasteiger partial charge in [-0.15, -0.1) is 0 Å². The zero-order chi connectivity index (χ0) is 23.3. The van der Waals surface area contributed by atoms with Crippen LogP contribution in [-0.2, 0) is 9.47 Å². The molecular weight excluding hydrogens is 544 g/mol. The second-order valence-corrected chi connectivity index (χ2v) is 8.36. The summed E-state index contributed by atoms with van der Waals surface area (Å²) in [5, 5.41) is 0. The number of ether oxygens (including phenoxy) is 2. The number of hydrogen-bond donors (Lipinski definition) is 1. The van der Waals surface area contributed by atoms with Crippen molar-refractivity contribution in [2.24, 2.45) is 0 Å². The molecule has 166 valence electrons. The predicted molar refractivity (Wildman–Crippen MR) is 127 cm³/mol. The molecule has 3 rings (SSSR count). The lowest BCUT2D eigenvalue weighted by molar-refractivity contribution is 0.0481. The summed E-state index contributed by atoms with van der Waals surface area (Å²) in [7, 11) is 0. The molecule has 0 unspecified atom stereocenters. The molecule has 0 saturated carbocycles. The first-order valence-corrected chi connectivity index (χ1v) is 11.4. The normalized spacial score (nSPS) is 10.5. The highest BCUT2D eigenvalue weighted by atomic mass is 79.9. The van der Waals surface area contributed by atoms with Crippen molar-refractivity contribution in [2.75, 3.05) is 18.6 Å². The first-order chi connectivity index (χ1) is 15.3. The molecule has 0 aliphatic heterocycles. The molecule has 3 aromatic rings. The smallest absolute Gasteiger partial charge is 0.341 e. The summed E-state index contributed by atoms with van der Waals surface area (Å²) in [6.07, 6.45) is 1.37. The van der Waals surface area contributed by atoms with Gasteiger partial charge in [-0.05, 0) is 50.2 Å². The van der Waals surface area contributed by atoms with Crippen LogP contribution in [0.2, 0.25) is 0 Å². The molecule has 1 heterocycles. The molecule has 0 bridgehead atoms. The third-order valence-corrected chi connectivity index (χ3v) is 5.48. The van der Waals surface area contributed by atoms with E-state index in [1.54, 1.807) is 62.4 Å². The van der Waals surface area contributed by atoms with Crippen LogP contribution >= 0.6 is 31.9 Å². The Kier molecular flexibility index (Phi) is 7.87. The Labute approximate surface area is 201 Å². The number of benzene rings is 2. The Bertz CT molecular complexity index is 1140. The number of amides is 1. The second kappa shape index (κ2) is 10.6. The van der Waals surface area contributed by atoms with Crippen LogP contribution in [0, 0.1) is 0 Å². The highest BCUT2D eigenvalue weighted by Crippen LogP contribution is 2.30. The fraction of sp³-hybridized carbons (Fsp3) is 0.174. The molecule has 0 aliphatic rings. The predicted octanol–water partition coefficient (Wildman–Crippen LogP) is 5.42. The number of halogens is 2. The summed E-state index contributed by atoms with van der Waals surface area (Å²) in [4.78, 5) is 38.4. The van der Waals surface area contributed by atoms with E-state index in [1.165, 1.54) is 10.9 Å². The number of esters is 2. The van der Waals surface area contributed by atoms with Gasteiger partial charge in [0.05, 0.1) is 24.5 Å². The molecule has 0 atom stereocenters. The zero-order valence-corrected chi connectivity index (χ0v) is 20.5. The Morgan fingerprint density at radius 2 is 1.38 bits per heavy atom. The maximum Gasteiger partial charge on any atom is 0.341 e. The average Bonchev–Trinajstić information content (AvgIpc) is 3.14. The van der Waals surface area contributed by atoms with E-state index >= 15 is 0 Å². The Morgan fingerprint density at radius 1 is 0.844 bits per heavy atom. The van der Waals surface area contributed by atoms with Crippen LogP contribution in [0.25, 0.3) is 11.3 Å². The van der Waals surface area contributed by atoms with Crippen molar-refractivity contribution in [1.29, 1.82) is 0 Å². The topological polar surface area (TPSA) is 86.6 Å². The summed E-state index contributed by atoms with van der Waals surface area (Å²) in [6.45, 7) is 3.60. The lowest BCUT2D eigenvalue weighted by Crippen LogP contribution is -2.23. The zero-order valence-electron chi connectivity index (χ0n) is 17.4. The monoisotopic (exact) mass is 562 g/mol. The number of hydrogen-bond acceptors (Lipinski definition) is 5. The van der Waals surface area contributed by atoms with Crippen LogP contribution in [0.3, 0.4) is 0 Å². The van der Waals surface area contributed by atoms with Gasteiger partial charge in [0.25, 0.3) is 5.91 Å². The van der Waals surface area contributed by atoms with Gasteiger partial charge in [0.2, 0.25) is 0 Å². The van der Waals surface area contributed by atoms with E-state index < -0.39 is 17.8 Å². The Hall–Kier alpha value is -2.91. The van der Waals surface area contributed by atoms with Crippen molar-refractivity contribution in [2.45, 2.75) is 13.8 Å². The second-order valence-electron chi connectivity index (χ2n) is 6.53. The van der Waals surface area contributed by atoms with Gasteiger partial charge in [0.1, 0.15) is 5.56 Å². The third kappa shape index (κ3) is 5.28. The largest absolute Gasteiger partial charge is 0.462 e. The van der Waals surface area contributed by atoms with Crippen molar-refractivity contribution in [3.05, 3.63) is 80.4 Å². The summed E-state index contributed by atoms with van der Waals surface area (Å²) >= 11 is 6.73. The maximum absolute atomic E-state index is 12.9. The van der Waals surface area contributed by atoms with Crippen molar-refractivity contribution in [1.82, 2.24) is 4.68 Å². The molecule has 1 amide bonds. The van der Waals surface area contributed by atoms with E-state index in [-0.39, 0.29) is 24.3 Å². The number of carbonyl (C=O) groups is 3. The molecule has 0 fully saturated rings. The van der Waals surface area contributed by atoms with Gasteiger partial charge >= 0.3 is 11.9 Å². The molecule has 1 aromatic heterocycles. The minimum atomic E-state index is -0.690. The van der Waals surface area contributed by atoms with E-state index in [1.807, 2.05) is 0 Å². The van der Waals surface area contributed by atoms with Crippen molar-refractivity contribution < 1.29 is 23.9 Å². The first-order valence-electron chi connectivity index (χ1n) is 9.78. The van der Waals surface area contributed by atoms with Crippen LogP contribution in [-0.4, -0.2) is 35.7 Å². The number of carbonyl (C=O) groups excluding carboxylic acids is 3. The molecule has 0 aliphatic carbocycles. The quantitative estimate of drug-likeness (QED) is 0.388.